The van der Waals surface area contributed by atoms with Gasteiger partial charge in [-0.25, -0.2) is 4.98 Å². The molecule has 0 saturated heterocycles. The number of aromatic nitrogens is 1. The number of benzene rings is 2. The summed E-state index contributed by atoms with van der Waals surface area (Å²) >= 11 is 1.61. The summed E-state index contributed by atoms with van der Waals surface area (Å²) in [6, 6.07) is 13.7. The van der Waals surface area contributed by atoms with Crippen LogP contribution in [0.1, 0.15) is 0 Å². The van der Waals surface area contributed by atoms with Crippen molar-refractivity contribution >= 4 is 32.4 Å². The molecule has 0 fully saturated rings. The first kappa shape index (κ1) is 12.7. The fourth-order valence-electron chi connectivity index (χ4n) is 1.89. The molecule has 4 nitrogen and oxygen atoms in total. The fourth-order valence-corrected chi connectivity index (χ4v) is 2.75. The lowest BCUT2D eigenvalue weighted by molar-refractivity contribution is 0.415. The molecule has 0 bridgehead atoms. The normalized spacial score (nSPS) is 10.5. The number of fused-ring (bicyclic) bond motifs is 1. The highest BCUT2D eigenvalue weighted by molar-refractivity contribution is 7.22. The monoisotopic (exact) mass is 286 g/mol. The Hall–Kier alpha value is -2.27. The average molecular weight is 286 g/mol. The third-order valence-electron chi connectivity index (χ3n) is 2.94. The van der Waals surface area contributed by atoms with Gasteiger partial charge in [-0.15, -0.1) is 0 Å². The third kappa shape index (κ3) is 2.53. The number of anilines is 2. The number of methoxy groups -OCH3 is 2. The summed E-state index contributed by atoms with van der Waals surface area (Å²) in [6.45, 7) is 0. The molecule has 20 heavy (non-hydrogen) atoms. The summed E-state index contributed by atoms with van der Waals surface area (Å²) in [5.41, 5.74) is 1.92. The van der Waals surface area contributed by atoms with Crippen LogP contribution in [0, 0.1) is 0 Å². The van der Waals surface area contributed by atoms with Crippen LogP contribution in [0.2, 0.25) is 0 Å². The smallest absolute Gasteiger partial charge is 0.188 e. The Morgan fingerprint density at radius 2 is 1.65 bits per heavy atom. The number of nitrogens with zero attached hydrogens (tertiary/aromatic N) is 1. The summed E-state index contributed by atoms with van der Waals surface area (Å²) in [4.78, 5) is 4.56. The molecule has 1 heterocycles. The van der Waals surface area contributed by atoms with Crippen LogP contribution in [0.25, 0.3) is 10.2 Å². The minimum atomic E-state index is 0.818. The Bertz CT molecular complexity index is 722. The standard InChI is InChI=1S/C15H14N2O2S/c1-18-11-5-3-10(4-6-11)16-15-17-13-9-12(19-2)7-8-14(13)20-15/h3-9H,1-2H3,(H,16,17). The summed E-state index contributed by atoms with van der Waals surface area (Å²) in [7, 11) is 3.31. The molecular weight excluding hydrogens is 272 g/mol. The van der Waals surface area contributed by atoms with Crippen LogP contribution in [0.4, 0.5) is 10.8 Å². The highest BCUT2D eigenvalue weighted by atomic mass is 32.1. The Morgan fingerprint density at radius 3 is 2.35 bits per heavy atom. The molecule has 0 unspecified atom stereocenters. The molecule has 0 aliphatic rings. The second-order valence-corrected chi connectivity index (χ2v) is 5.24. The zero-order valence-corrected chi connectivity index (χ0v) is 12.0. The number of rotatable bonds is 4. The zero-order valence-electron chi connectivity index (χ0n) is 11.2. The van der Waals surface area contributed by atoms with Gasteiger partial charge in [0.1, 0.15) is 11.5 Å². The van der Waals surface area contributed by atoms with E-state index < -0.39 is 0 Å². The van der Waals surface area contributed by atoms with Crippen molar-refractivity contribution in [1.29, 1.82) is 0 Å². The second-order valence-electron chi connectivity index (χ2n) is 4.21. The third-order valence-corrected chi connectivity index (χ3v) is 3.89. The van der Waals surface area contributed by atoms with Crippen molar-refractivity contribution in [3.05, 3.63) is 42.5 Å². The Kier molecular flexibility index (Phi) is 3.43. The van der Waals surface area contributed by atoms with Crippen LogP contribution in [0.5, 0.6) is 11.5 Å². The van der Waals surface area contributed by atoms with Gasteiger partial charge in [0.15, 0.2) is 5.13 Å². The van der Waals surface area contributed by atoms with E-state index in [-0.39, 0.29) is 0 Å². The highest BCUT2D eigenvalue weighted by Gasteiger charge is 2.05. The summed E-state index contributed by atoms with van der Waals surface area (Å²) < 4.78 is 11.5. The minimum absolute atomic E-state index is 0.818. The number of hydrogen-bond acceptors (Lipinski definition) is 5. The van der Waals surface area contributed by atoms with E-state index in [1.165, 1.54) is 0 Å². The molecule has 1 N–H and O–H groups in total. The zero-order chi connectivity index (χ0) is 13.9. The molecule has 0 atom stereocenters. The van der Waals surface area contributed by atoms with E-state index >= 15 is 0 Å². The molecular formula is C15H14N2O2S. The quantitative estimate of drug-likeness (QED) is 0.785. The van der Waals surface area contributed by atoms with Crippen molar-refractivity contribution in [2.45, 2.75) is 0 Å². The lowest BCUT2D eigenvalue weighted by atomic mass is 10.3. The molecule has 3 aromatic rings. The number of hydrogen-bond donors (Lipinski definition) is 1. The van der Waals surface area contributed by atoms with Gasteiger partial charge in [-0.3, -0.25) is 0 Å². The molecule has 0 radical (unpaired) electrons. The summed E-state index contributed by atoms with van der Waals surface area (Å²) in [5, 5.41) is 4.15. The van der Waals surface area contributed by atoms with E-state index in [0.717, 1.165) is 32.5 Å². The first-order valence-electron chi connectivity index (χ1n) is 6.14. The summed E-state index contributed by atoms with van der Waals surface area (Å²) in [6.07, 6.45) is 0. The van der Waals surface area contributed by atoms with Crippen LogP contribution in [0.3, 0.4) is 0 Å². The molecule has 0 spiro atoms. The average Bonchev–Trinajstić information content (AvgIpc) is 2.89. The van der Waals surface area contributed by atoms with Gasteiger partial charge in [-0.1, -0.05) is 11.3 Å². The largest absolute Gasteiger partial charge is 0.497 e. The Morgan fingerprint density at radius 1 is 0.950 bits per heavy atom. The first-order valence-corrected chi connectivity index (χ1v) is 6.96. The van der Waals surface area contributed by atoms with Crippen molar-refractivity contribution < 1.29 is 9.47 Å². The Balaban J connectivity index is 1.86. The number of ether oxygens (including phenoxy) is 2. The van der Waals surface area contributed by atoms with E-state index in [0.29, 0.717) is 0 Å². The van der Waals surface area contributed by atoms with E-state index in [1.54, 1.807) is 25.6 Å². The van der Waals surface area contributed by atoms with Crippen molar-refractivity contribution in [3.63, 3.8) is 0 Å². The van der Waals surface area contributed by atoms with Gasteiger partial charge in [0, 0.05) is 11.8 Å². The maximum Gasteiger partial charge on any atom is 0.188 e. The van der Waals surface area contributed by atoms with Crippen molar-refractivity contribution in [2.24, 2.45) is 0 Å². The predicted octanol–water partition coefficient (Wildman–Crippen LogP) is 4.06. The molecule has 3 rings (SSSR count). The molecule has 1 aromatic heterocycles. The minimum Gasteiger partial charge on any atom is -0.497 e. The molecule has 0 aliphatic heterocycles. The number of nitrogens with one attached hydrogen (secondary N) is 1. The lowest BCUT2D eigenvalue weighted by Gasteiger charge is -2.03. The van der Waals surface area contributed by atoms with Crippen molar-refractivity contribution in [3.8, 4) is 11.5 Å². The molecule has 0 aliphatic carbocycles. The van der Waals surface area contributed by atoms with E-state index in [1.807, 2.05) is 42.5 Å². The first-order chi connectivity index (χ1) is 9.78. The summed E-state index contributed by atoms with van der Waals surface area (Å²) in [5.74, 6) is 1.66. The van der Waals surface area contributed by atoms with E-state index in [2.05, 4.69) is 10.3 Å². The van der Waals surface area contributed by atoms with E-state index in [9.17, 15) is 0 Å². The van der Waals surface area contributed by atoms with Crippen LogP contribution < -0.4 is 14.8 Å². The van der Waals surface area contributed by atoms with Gasteiger partial charge < -0.3 is 14.8 Å². The predicted molar refractivity (Wildman–Crippen MR) is 82.4 cm³/mol. The second kappa shape index (κ2) is 5.38. The van der Waals surface area contributed by atoms with Gasteiger partial charge >= 0.3 is 0 Å². The van der Waals surface area contributed by atoms with Crippen LogP contribution >= 0.6 is 11.3 Å². The molecule has 5 heteroatoms. The molecule has 0 saturated carbocycles. The topological polar surface area (TPSA) is 43.4 Å². The molecule has 2 aromatic carbocycles. The Labute approximate surface area is 121 Å². The van der Waals surface area contributed by atoms with Crippen LogP contribution in [0.15, 0.2) is 42.5 Å². The maximum absolute atomic E-state index is 5.21. The van der Waals surface area contributed by atoms with Gasteiger partial charge in [0.2, 0.25) is 0 Å². The molecule has 0 amide bonds. The van der Waals surface area contributed by atoms with Gasteiger partial charge in [-0.2, -0.15) is 0 Å². The van der Waals surface area contributed by atoms with Crippen molar-refractivity contribution in [1.82, 2.24) is 4.98 Å². The van der Waals surface area contributed by atoms with Crippen molar-refractivity contribution in [2.75, 3.05) is 19.5 Å². The lowest BCUT2D eigenvalue weighted by Crippen LogP contribution is -1.89. The number of thiazole rings is 1. The van der Waals surface area contributed by atoms with Crippen LogP contribution in [-0.4, -0.2) is 19.2 Å². The van der Waals surface area contributed by atoms with Gasteiger partial charge in [0.25, 0.3) is 0 Å². The SMILES string of the molecule is COc1ccc(Nc2nc3cc(OC)ccc3s2)cc1. The molecule has 102 valence electrons. The van der Waals surface area contributed by atoms with Gasteiger partial charge in [0.05, 0.1) is 24.4 Å². The fraction of sp³-hybridized carbons (Fsp3) is 0.133. The van der Waals surface area contributed by atoms with E-state index in [4.69, 9.17) is 9.47 Å². The van der Waals surface area contributed by atoms with Crippen LogP contribution in [-0.2, 0) is 0 Å². The highest BCUT2D eigenvalue weighted by Crippen LogP contribution is 2.30. The van der Waals surface area contributed by atoms with Gasteiger partial charge in [-0.05, 0) is 36.4 Å². The maximum atomic E-state index is 5.21.